The highest BCUT2D eigenvalue weighted by molar-refractivity contribution is 5.83. The van der Waals surface area contributed by atoms with Crippen molar-refractivity contribution in [3.05, 3.63) is 65.7 Å². The maximum absolute atomic E-state index is 12.8. The molecule has 0 saturated carbocycles. The van der Waals surface area contributed by atoms with E-state index < -0.39 is 5.97 Å². The molecule has 0 heterocycles. The van der Waals surface area contributed by atoms with Crippen molar-refractivity contribution in [2.75, 3.05) is 13.7 Å². The zero-order chi connectivity index (χ0) is 18.2. The summed E-state index contributed by atoms with van der Waals surface area (Å²) in [6, 6.07) is 16.9. The number of amides is 1. The lowest BCUT2D eigenvalue weighted by Gasteiger charge is -2.23. The van der Waals surface area contributed by atoms with Crippen LogP contribution >= 0.6 is 0 Å². The molecule has 0 aliphatic rings. The molecule has 2 aromatic rings. The number of ether oxygens (including phenoxy) is 1. The number of carbonyl (C=O) groups is 2. The van der Waals surface area contributed by atoms with Crippen LogP contribution in [0.3, 0.4) is 0 Å². The van der Waals surface area contributed by atoms with Crippen LogP contribution < -0.4 is 4.74 Å². The summed E-state index contributed by atoms with van der Waals surface area (Å²) in [5.41, 5.74) is 1.99. The van der Waals surface area contributed by atoms with E-state index in [2.05, 4.69) is 0 Å². The topological polar surface area (TPSA) is 66.8 Å². The van der Waals surface area contributed by atoms with E-state index in [0.717, 1.165) is 17.5 Å². The fourth-order valence-electron chi connectivity index (χ4n) is 2.69. The molecular weight excluding hydrogens is 318 g/mol. The lowest BCUT2D eigenvalue weighted by Crippen LogP contribution is -2.31. The van der Waals surface area contributed by atoms with Gasteiger partial charge in [0, 0.05) is 13.6 Å². The molecule has 1 N–H and O–H groups in total. The van der Waals surface area contributed by atoms with E-state index in [0.29, 0.717) is 12.3 Å². The molecule has 25 heavy (non-hydrogen) atoms. The normalized spacial score (nSPS) is 11.6. The molecule has 1 unspecified atom stereocenters. The van der Waals surface area contributed by atoms with Crippen molar-refractivity contribution < 1.29 is 19.4 Å². The molecule has 2 aromatic carbocycles. The smallest absolute Gasteiger partial charge is 0.341 e. The Balaban J connectivity index is 1.99. The van der Waals surface area contributed by atoms with Crippen molar-refractivity contribution >= 4 is 11.9 Å². The Morgan fingerprint density at radius 1 is 1.08 bits per heavy atom. The van der Waals surface area contributed by atoms with Gasteiger partial charge in [-0.25, -0.2) is 4.79 Å². The number of nitrogens with zero attached hydrogens (tertiary/aromatic N) is 1. The van der Waals surface area contributed by atoms with Crippen LogP contribution in [-0.2, 0) is 16.1 Å². The molecule has 0 aromatic heterocycles. The van der Waals surface area contributed by atoms with Gasteiger partial charge in [0.2, 0.25) is 5.91 Å². The molecule has 2 rings (SSSR count). The minimum atomic E-state index is -1.01. The third-order valence-corrected chi connectivity index (χ3v) is 3.99. The lowest BCUT2D eigenvalue weighted by atomic mass is 9.95. The van der Waals surface area contributed by atoms with Crippen LogP contribution in [0.1, 0.15) is 30.4 Å². The predicted octanol–water partition coefficient (Wildman–Crippen LogP) is 3.30. The largest absolute Gasteiger partial charge is 0.482 e. The molecule has 1 atom stereocenters. The SMILES string of the molecule is CCC(C(=O)N(C)Cc1ccc(OCC(=O)O)cc1)c1ccccc1. The van der Waals surface area contributed by atoms with Crippen LogP contribution in [0.5, 0.6) is 5.75 Å². The van der Waals surface area contributed by atoms with Crippen molar-refractivity contribution in [3.8, 4) is 5.75 Å². The predicted molar refractivity (Wildman–Crippen MR) is 95.5 cm³/mol. The summed E-state index contributed by atoms with van der Waals surface area (Å²) in [4.78, 5) is 25.0. The van der Waals surface area contributed by atoms with E-state index in [1.165, 1.54) is 0 Å². The highest BCUT2D eigenvalue weighted by Crippen LogP contribution is 2.22. The number of hydrogen-bond donors (Lipinski definition) is 1. The minimum Gasteiger partial charge on any atom is -0.482 e. The van der Waals surface area contributed by atoms with Crippen molar-refractivity contribution in [1.29, 1.82) is 0 Å². The summed E-state index contributed by atoms with van der Waals surface area (Å²) in [5.74, 6) is -0.582. The molecule has 5 nitrogen and oxygen atoms in total. The van der Waals surface area contributed by atoms with Gasteiger partial charge in [-0.2, -0.15) is 0 Å². The summed E-state index contributed by atoms with van der Waals surface area (Å²) in [7, 11) is 1.79. The zero-order valence-electron chi connectivity index (χ0n) is 14.5. The Morgan fingerprint density at radius 3 is 2.28 bits per heavy atom. The van der Waals surface area contributed by atoms with Crippen molar-refractivity contribution in [1.82, 2.24) is 4.90 Å². The molecule has 0 bridgehead atoms. The van der Waals surface area contributed by atoms with E-state index in [1.807, 2.05) is 49.4 Å². The Hall–Kier alpha value is -2.82. The third kappa shape index (κ3) is 5.35. The second kappa shape index (κ2) is 8.87. The Morgan fingerprint density at radius 2 is 1.72 bits per heavy atom. The van der Waals surface area contributed by atoms with Gasteiger partial charge in [0.15, 0.2) is 6.61 Å². The highest BCUT2D eigenvalue weighted by Gasteiger charge is 2.22. The molecule has 0 radical (unpaired) electrons. The summed E-state index contributed by atoms with van der Waals surface area (Å²) in [6.45, 7) is 2.13. The molecule has 0 fully saturated rings. The van der Waals surface area contributed by atoms with Crippen LogP contribution in [0.4, 0.5) is 0 Å². The van der Waals surface area contributed by atoms with Crippen molar-refractivity contribution in [2.45, 2.75) is 25.8 Å². The summed E-state index contributed by atoms with van der Waals surface area (Å²) in [6.07, 6.45) is 0.745. The standard InChI is InChI=1S/C20H23NO4/c1-3-18(16-7-5-4-6-8-16)20(24)21(2)13-15-9-11-17(12-10-15)25-14-19(22)23/h4-12,18H,3,13-14H2,1-2H3,(H,22,23). The Labute approximate surface area is 147 Å². The van der Waals surface area contributed by atoms with Crippen LogP contribution in [-0.4, -0.2) is 35.5 Å². The number of aliphatic carboxylic acids is 1. The number of rotatable bonds is 8. The van der Waals surface area contributed by atoms with Crippen LogP contribution in [0.2, 0.25) is 0 Å². The Kier molecular flexibility index (Phi) is 6.57. The van der Waals surface area contributed by atoms with E-state index >= 15 is 0 Å². The Bertz CT molecular complexity index is 697. The molecular formula is C20H23NO4. The van der Waals surface area contributed by atoms with Gasteiger partial charge in [-0.3, -0.25) is 4.79 Å². The van der Waals surface area contributed by atoms with E-state index in [9.17, 15) is 9.59 Å². The van der Waals surface area contributed by atoms with Gasteiger partial charge in [-0.1, -0.05) is 49.4 Å². The summed E-state index contributed by atoms with van der Waals surface area (Å²) in [5, 5.41) is 8.61. The molecule has 5 heteroatoms. The molecule has 132 valence electrons. The van der Waals surface area contributed by atoms with E-state index in [1.54, 1.807) is 24.1 Å². The maximum Gasteiger partial charge on any atom is 0.341 e. The van der Waals surface area contributed by atoms with Crippen molar-refractivity contribution in [2.24, 2.45) is 0 Å². The fraction of sp³-hybridized carbons (Fsp3) is 0.300. The average molecular weight is 341 g/mol. The zero-order valence-corrected chi connectivity index (χ0v) is 14.5. The molecule has 1 amide bonds. The number of benzene rings is 2. The first-order valence-electron chi connectivity index (χ1n) is 8.24. The van der Waals surface area contributed by atoms with Gasteiger partial charge in [-0.15, -0.1) is 0 Å². The molecule has 0 spiro atoms. The second-order valence-corrected chi connectivity index (χ2v) is 5.89. The van der Waals surface area contributed by atoms with Gasteiger partial charge in [0.1, 0.15) is 5.75 Å². The minimum absolute atomic E-state index is 0.0832. The number of carboxylic acid groups (broad SMARTS) is 1. The van der Waals surface area contributed by atoms with Gasteiger partial charge in [0.05, 0.1) is 5.92 Å². The van der Waals surface area contributed by atoms with Gasteiger partial charge in [0.25, 0.3) is 0 Å². The molecule has 0 saturated heterocycles. The molecule has 0 aliphatic heterocycles. The highest BCUT2D eigenvalue weighted by atomic mass is 16.5. The molecule has 0 aliphatic carbocycles. The van der Waals surface area contributed by atoms with E-state index in [-0.39, 0.29) is 18.4 Å². The number of likely N-dealkylation sites (N-methyl/N-ethyl adjacent to an activating group) is 1. The van der Waals surface area contributed by atoms with Crippen LogP contribution in [0.25, 0.3) is 0 Å². The van der Waals surface area contributed by atoms with Crippen LogP contribution in [0, 0.1) is 0 Å². The first kappa shape index (κ1) is 18.5. The van der Waals surface area contributed by atoms with Crippen LogP contribution in [0.15, 0.2) is 54.6 Å². The van der Waals surface area contributed by atoms with Gasteiger partial charge >= 0.3 is 5.97 Å². The second-order valence-electron chi connectivity index (χ2n) is 5.89. The number of hydrogen-bond acceptors (Lipinski definition) is 3. The lowest BCUT2D eigenvalue weighted by molar-refractivity contribution is -0.139. The maximum atomic E-state index is 12.8. The number of carbonyl (C=O) groups excluding carboxylic acids is 1. The average Bonchev–Trinajstić information content (AvgIpc) is 2.62. The summed E-state index contributed by atoms with van der Waals surface area (Å²) >= 11 is 0. The van der Waals surface area contributed by atoms with Gasteiger partial charge in [-0.05, 0) is 29.7 Å². The quantitative estimate of drug-likeness (QED) is 0.800. The first-order chi connectivity index (χ1) is 12.0. The fourth-order valence-corrected chi connectivity index (χ4v) is 2.69. The van der Waals surface area contributed by atoms with Crippen molar-refractivity contribution in [3.63, 3.8) is 0 Å². The van der Waals surface area contributed by atoms with E-state index in [4.69, 9.17) is 9.84 Å². The van der Waals surface area contributed by atoms with Gasteiger partial charge < -0.3 is 14.7 Å². The third-order valence-electron chi connectivity index (χ3n) is 3.99. The monoisotopic (exact) mass is 341 g/mol. The number of carboxylic acids is 1. The first-order valence-corrected chi connectivity index (χ1v) is 8.24. The summed E-state index contributed by atoms with van der Waals surface area (Å²) < 4.78 is 5.11.